The first-order valence-electron chi connectivity index (χ1n) is 5.63. The van der Waals surface area contributed by atoms with Gasteiger partial charge in [-0.15, -0.1) is 0 Å². The molecule has 7 heteroatoms. The van der Waals surface area contributed by atoms with Gasteiger partial charge < -0.3 is 10.1 Å². The lowest BCUT2D eigenvalue weighted by Crippen LogP contribution is -2.35. The molecule has 1 heterocycles. The molecule has 0 saturated carbocycles. The summed E-state index contributed by atoms with van der Waals surface area (Å²) < 4.78 is 43.2. The molecule has 1 aromatic carbocycles. The minimum absolute atomic E-state index is 0.0262. The van der Waals surface area contributed by atoms with Gasteiger partial charge in [0.15, 0.2) is 0 Å². The molecule has 1 saturated heterocycles. The minimum atomic E-state index is -4.47. The molecule has 0 radical (unpaired) electrons. The van der Waals surface area contributed by atoms with E-state index in [2.05, 4.69) is 21.2 Å². The zero-order valence-electron chi connectivity index (χ0n) is 9.76. The number of benzene rings is 1. The van der Waals surface area contributed by atoms with E-state index >= 15 is 0 Å². The molecular weight excluding hydrogens is 327 g/mol. The quantitative estimate of drug-likeness (QED) is 0.900. The van der Waals surface area contributed by atoms with Crippen LogP contribution in [0.25, 0.3) is 0 Å². The zero-order chi connectivity index (χ0) is 14.0. The molecule has 19 heavy (non-hydrogen) atoms. The van der Waals surface area contributed by atoms with Gasteiger partial charge in [-0.2, -0.15) is 13.2 Å². The van der Waals surface area contributed by atoms with Gasteiger partial charge in [-0.3, -0.25) is 4.79 Å². The molecule has 1 fully saturated rings. The Morgan fingerprint density at radius 3 is 2.74 bits per heavy atom. The van der Waals surface area contributed by atoms with E-state index in [0.29, 0.717) is 24.1 Å². The Kier molecular flexibility index (Phi) is 4.15. The van der Waals surface area contributed by atoms with Crippen molar-refractivity contribution in [3.63, 3.8) is 0 Å². The van der Waals surface area contributed by atoms with E-state index in [1.165, 1.54) is 6.07 Å². The highest BCUT2D eigenvalue weighted by Crippen LogP contribution is 2.31. The van der Waals surface area contributed by atoms with Crippen molar-refractivity contribution in [3.05, 3.63) is 33.8 Å². The molecule has 1 aliphatic heterocycles. The molecule has 0 aliphatic carbocycles. The first-order valence-corrected chi connectivity index (χ1v) is 6.42. The second-order valence-electron chi connectivity index (χ2n) is 4.23. The van der Waals surface area contributed by atoms with Crippen LogP contribution in [-0.4, -0.2) is 25.2 Å². The maximum Gasteiger partial charge on any atom is 0.416 e. The standard InChI is InChI=1S/C12H11BrF3NO2/c13-10-2-1-7(12(14,15)16)5-9(10)11(18)17-8-3-4-19-6-8/h1-2,5,8H,3-4,6H2,(H,17,18). The summed E-state index contributed by atoms with van der Waals surface area (Å²) in [6.45, 7) is 0.941. The van der Waals surface area contributed by atoms with E-state index in [1.807, 2.05) is 0 Å². The highest BCUT2D eigenvalue weighted by molar-refractivity contribution is 9.10. The van der Waals surface area contributed by atoms with Crippen molar-refractivity contribution in [3.8, 4) is 0 Å². The van der Waals surface area contributed by atoms with Gasteiger partial charge in [0.2, 0.25) is 0 Å². The second kappa shape index (κ2) is 5.50. The third-order valence-electron chi connectivity index (χ3n) is 2.80. The van der Waals surface area contributed by atoms with Crippen molar-refractivity contribution in [1.29, 1.82) is 0 Å². The van der Waals surface area contributed by atoms with Gasteiger partial charge in [0.25, 0.3) is 5.91 Å². The molecule has 0 spiro atoms. The van der Waals surface area contributed by atoms with Crippen molar-refractivity contribution in [2.24, 2.45) is 0 Å². The molecule has 0 aromatic heterocycles. The van der Waals surface area contributed by atoms with Crippen molar-refractivity contribution < 1.29 is 22.7 Å². The number of amides is 1. The van der Waals surface area contributed by atoms with E-state index < -0.39 is 17.6 Å². The van der Waals surface area contributed by atoms with Crippen LogP contribution in [0.15, 0.2) is 22.7 Å². The number of rotatable bonds is 2. The highest BCUT2D eigenvalue weighted by atomic mass is 79.9. The van der Waals surface area contributed by atoms with Gasteiger partial charge >= 0.3 is 6.18 Å². The van der Waals surface area contributed by atoms with Gasteiger partial charge in [0.05, 0.1) is 23.8 Å². The highest BCUT2D eigenvalue weighted by Gasteiger charge is 2.32. The lowest BCUT2D eigenvalue weighted by molar-refractivity contribution is -0.137. The molecule has 2 rings (SSSR count). The van der Waals surface area contributed by atoms with Crippen LogP contribution >= 0.6 is 15.9 Å². The molecule has 1 amide bonds. The smallest absolute Gasteiger partial charge is 0.379 e. The average molecular weight is 338 g/mol. The largest absolute Gasteiger partial charge is 0.416 e. The Balaban J connectivity index is 2.20. The molecular formula is C12H11BrF3NO2. The fourth-order valence-electron chi connectivity index (χ4n) is 1.79. The fourth-order valence-corrected chi connectivity index (χ4v) is 2.21. The minimum Gasteiger partial charge on any atom is -0.379 e. The SMILES string of the molecule is O=C(NC1CCOC1)c1cc(C(F)(F)F)ccc1Br. The number of ether oxygens (including phenoxy) is 1. The van der Waals surface area contributed by atoms with E-state index in [4.69, 9.17) is 4.74 Å². The summed E-state index contributed by atoms with van der Waals surface area (Å²) in [5, 5.41) is 2.65. The molecule has 1 aliphatic rings. The summed E-state index contributed by atoms with van der Waals surface area (Å²) in [5.41, 5.74) is -0.870. The Labute approximate surface area is 116 Å². The third-order valence-corrected chi connectivity index (χ3v) is 3.49. The van der Waals surface area contributed by atoms with Crippen LogP contribution in [0.5, 0.6) is 0 Å². The fraction of sp³-hybridized carbons (Fsp3) is 0.417. The van der Waals surface area contributed by atoms with Crippen LogP contribution in [0.4, 0.5) is 13.2 Å². The molecule has 3 nitrogen and oxygen atoms in total. The third kappa shape index (κ3) is 3.48. The monoisotopic (exact) mass is 337 g/mol. The topological polar surface area (TPSA) is 38.3 Å². The van der Waals surface area contributed by atoms with E-state index in [1.54, 1.807) is 0 Å². The van der Waals surface area contributed by atoms with Gasteiger partial charge in [-0.05, 0) is 40.5 Å². The number of hydrogen-bond donors (Lipinski definition) is 1. The van der Waals surface area contributed by atoms with Crippen LogP contribution in [0.1, 0.15) is 22.3 Å². The Morgan fingerprint density at radius 2 is 2.16 bits per heavy atom. The molecule has 1 unspecified atom stereocenters. The summed E-state index contributed by atoms with van der Waals surface area (Å²) in [6.07, 6.45) is -3.80. The van der Waals surface area contributed by atoms with Crippen LogP contribution < -0.4 is 5.32 Å². The molecule has 0 bridgehead atoms. The van der Waals surface area contributed by atoms with Gasteiger partial charge in [0, 0.05) is 11.1 Å². The van der Waals surface area contributed by atoms with Crippen LogP contribution in [0.2, 0.25) is 0 Å². The van der Waals surface area contributed by atoms with E-state index in [0.717, 1.165) is 12.1 Å². The van der Waals surface area contributed by atoms with Gasteiger partial charge in [-0.25, -0.2) is 0 Å². The predicted octanol–water partition coefficient (Wildman–Crippen LogP) is 2.99. The van der Waals surface area contributed by atoms with Crippen LogP contribution in [0.3, 0.4) is 0 Å². The summed E-state index contributed by atoms with van der Waals surface area (Å²) in [6, 6.07) is 2.85. The van der Waals surface area contributed by atoms with Crippen LogP contribution in [-0.2, 0) is 10.9 Å². The van der Waals surface area contributed by atoms with Crippen molar-refractivity contribution in [2.45, 2.75) is 18.6 Å². The summed E-state index contributed by atoms with van der Waals surface area (Å²) >= 11 is 3.09. The number of carbonyl (C=O) groups excluding carboxylic acids is 1. The number of halogens is 4. The van der Waals surface area contributed by atoms with Gasteiger partial charge in [0.1, 0.15) is 0 Å². The van der Waals surface area contributed by atoms with Crippen LogP contribution in [0, 0.1) is 0 Å². The summed E-state index contributed by atoms with van der Waals surface area (Å²) in [7, 11) is 0. The van der Waals surface area contributed by atoms with Crippen molar-refractivity contribution in [1.82, 2.24) is 5.32 Å². The summed E-state index contributed by atoms with van der Waals surface area (Å²) in [4.78, 5) is 11.9. The first kappa shape index (κ1) is 14.3. The Morgan fingerprint density at radius 1 is 1.42 bits per heavy atom. The average Bonchev–Trinajstić information content (AvgIpc) is 2.80. The number of carbonyl (C=O) groups is 1. The maximum absolute atomic E-state index is 12.6. The molecule has 1 N–H and O–H groups in total. The van der Waals surface area contributed by atoms with Crippen molar-refractivity contribution in [2.75, 3.05) is 13.2 Å². The first-order chi connectivity index (χ1) is 8.88. The lowest BCUT2D eigenvalue weighted by atomic mass is 10.1. The van der Waals surface area contributed by atoms with Gasteiger partial charge in [-0.1, -0.05) is 0 Å². The molecule has 104 valence electrons. The predicted molar refractivity (Wildman–Crippen MR) is 65.8 cm³/mol. The normalized spacial score (nSPS) is 19.5. The zero-order valence-corrected chi connectivity index (χ0v) is 11.3. The number of alkyl halides is 3. The van der Waals surface area contributed by atoms with Crippen molar-refractivity contribution >= 4 is 21.8 Å². The maximum atomic E-state index is 12.6. The second-order valence-corrected chi connectivity index (χ2v) is 5.08. The molecule has 1 aromatic rings. The van der Waals surface area contributed by atoms with E-state index in [-0.39, 0.29) is 11.6 Å². The van der Waals surface area contributed by atoms with E-state index in [9.17, 15) is 18.0 Å². The number of nitrogens with one attached hydrogen (secondary N) is 1. The Bertz CT molecular complexity index is 484. The molecule has 1 atom stereocenters. The summed E-state index contributed by atoms with van der Waals surface area (Å²) in [5.74, 6) is -0.534. The Hall–Kier alpha value is -1.08. The number of hydrogen-bond acceptors (Lipinski definition) is 2. The lowest BCUT2D eigenvalue weighted by Gasteiger charge is -2.13.